The third-order valence-corrected chi connectivity index (χ3v) is 3.39. The van der Waals surface area contributed by atoms with Gasteiger partial charge in [0, 0.05) is 6.54 Å². The third kappa shape index (κ3) is 2.99. The summed E-state index contributed by atoms with van der Waals surface area (Å²) in [6.07, 6.45) is 1.85. The fraction of sp³-hybridized carbons (Fsp3) is 0.250. The molecule has 0 N–H and O–H groups in total. The van der Waals surface area contributed by atoms with Crippen molar-refractivity contribution in [3.63, 3.8) is 0 Å². The number of hydrogen-bond acceptors (Lipinski definition) is 2. The summed E-state index contributed by atoms with van der Waals surface area (Å²) in [7, 11) is 0. The summed E-state index contributed by atoms with van der Waals surface area (Å²) in [5, 5.41) is -0.708. The summed E-state index contributed by atoms with van der Waals surface area (Å²) in [5.74, 6) is 0. The Labute approximate surface area is 122 Å². The van der Waals surface area contributed by atoms with E-state index in [2.05, 4.69) is 6.92 Å². The lowest BCUT2D eigenvalue weighted by atomic mass is 10.1. The highest BCUT2D eigenvalue weighted by Gasteiger charge is 2.13. The Kier molecular flexibility index (Phi) is 4.74. The number of rotatable bonds is 5. The van der Waals surface area contributed by atoms with E-state index in [0.717, 1.165) is 24.1 Å². The topological polar surface area (TPSA) is 39.1 Å². The Morgan fingerprint density at radius 1 is 1.15 bits per heavy atom. The fourth-order valence-electron chi connectivity index (χ4n) is 2.13. The lowest BCUT2D eigenvalue weighted by molar-refractivity contribution is 0.107. The fourth-order valence-corrected chi connectivity index (χ4v) is 2.27. The Bertz CT molecular complexity index is 662. The van der Waals surface area contributed by atoms with Gasteiger partial charge in [-0.1, -0.05) is 43.7 Å². The number of halogens is 1. The molecule has 0 amide bonds. The minimum Gasteiger partial charge on any atom is -0.308 e. The lowest BCUT2D eigenvalue weighted by Gasteiger charge is -2.13. The number of hydrogen-bond donors (Lipinski definition) is 0. The van der Waals surface area contributed by atoms with Crippen molar-refractivity contribution in [2.24, 2.45) is 0 Å². The van der Waals surface area contributed by atoms with E-state index < -0.39 is 5.24 Å². The van der Waals surface area contributed by atoms with Crippen LogP contribution in [0.4, 0.5) is 0 Å². The molecule has 2 rings (SSSR count). The van der Waals surface area contributed by atoms with Crippen LogP contribution in [0.3, 0.4) is 0 Å². The van der Waals surface area contributed by atoms with Gasteiger partial charge in [0.15, 0.2) is 0 Å². The number of benzene rings is 1. The Balaban J connectivity index is 2.60. The van der Waals surface area contributed by atoms with Gasteiger partial charge in [-0.25, -0.2) is 0 Å². The van der Waals surface area contributed by atoms with Crippen LogP contribution < -0.4 is 5.56 Å². The summed E-state index contributed by atoms with van der Waals surface area (Å²) in [6, 6.07) is 12.9. The molecule has 0 radical (unpaired) electrons. The van der Waals surface area contributed by atoms with E-state index in [-0.39, 0.29) is 11.1 Å². The van der Waals surface area contributed by atoms with Gasteiger partial charge in [0.05, 0.1) is 11.3 Å². The average Bonchev–Trinajstić information content (AvgIpc) is 2.46. The van der Waals surface area contributed by atoms with Crippen molar-refractivity contribution < 1.29 is 4.79 Å². The summed E-state index contributed by atoms with van der Waals surface area (Å²) in [4.78, 5) is 23.7. The Morgan fingerprint density at radius 3 is 2.45 bits per heavy atom. The molecule has 0 spiro atoms. The van der Waals surface area contributed by atoms with Crippen molar-refractivity contribution in [2.75, 3.05) is 0 Å². The molecule has 2 aromatic rings. The maximum absolute atomic E-state index is 12.4. The van der Waals surface area contributed by atoms with Gasteiger partial charge in [-0.05, 0) is 35.7 Å². The number of carbonyl (C=O) groups is 1. The highest BCUT2D eigenvalue weighted by molar-refractivity contribution is 6.67. The molecule has 1 heterocycles. The van der Waals surface area contributed by atoms with Gasteiger partial charge in [-0.2, -0.15) is 0 Å². The first kappa shape index (κ1) is 14.5. The minimum absolute atomic E-state index is 0.0300. The van der Waals surface area contributed by atoms with Gasteiger partial charge in [0.25, 0.3) is 10.8 Å². The molecule has 0 bridgehead atoms. The molecule has 0 aliphatic carbocycles. The molecule has 0 aliphatic heterocycles. The van der Waals surface area contributed by atoms with Crippen molar-refractivity contribution >= 4 is 16.8 Å². The number of carbonyl (C=O) groups excluding carboxylic acids is 1. The molecule has 0 saturated heterocycles. The molecule has 0 aliphatic rings. The van der Waals surface area contributed by atoms with Gasteiger partial charge >= 0.3 is 0 Å². The van der Waals surface area contributed by atoms with Crippen molar-refractivity contribution in [1.82, 2.24) is 4.57 Å². The van der Waals surface area contributed by atoms with Crippen molar-refractivity contribution in [3.05, 3.63) is 58.4 Å². The van der Waals surface area contributed by atoms with E-state index in [0.29, 0.717) is 6.54 Å². The summed E-state index contributed by atoms with van der Waals surface area (Å²) < 4.78 is 1.63. The zero-order chi connectivity index (χ0) is 14.5. The van der Waals surface area contributed by atoms with Crippen LogP contribution in [0.2, 0.25) is 0 Å². The molecule has 0 atom stereocenters. The molecule has 0 fully saturated rings. The minimum atomic E-state index is -0.708. The lowest BCUT2D eigenvalue weighted by Crippen LogP contribution is -2.26. The second-order valence-electron chi connectivity index (χ2n) is 4.58. The molecule has 1 aromatic heterocycles. The first-order chi connectivity index (χ1) is 9.65. The van der Waals surface area contributed by atoms with E-state index in [9.17, 15) is 9.59 Å². The molecule has 3 nitrogen and oxygen atoms in total. The molecule has 1 aromatic carbocycles. The van der Waals surface area contributed by atoms with E-state index >= 15 is 0 Å². The van der Waals surface area contributed by atoms with Crippen LogP contribution in [0.25, 0.3) is 11.3 Å². The molecular formula is C16H16ClNO2. The SMILES string of the molecule is CCCCn1c(-c2ccccc2)ccc(C(=O)Cl)c1=O. The van der Waals surface area contributed by atoms with Crippen LogP contribution in [-0.2, 0) is 6.54 Å². The molecular weight excluding hydrogens is 274 g/mol. The van der Waals surface area contributed by atoms with Crippen molar-refractivity contribution in [2.45, 2.75) is 26.3 Å². The smallest absolute Gasteiger partial charge is 0.263 e. The third-order valence-electron chi connectivity index (χ3n) is 3.19. The first-order valence-corrected chi connectivity index (χ1v) is 7.02. The van der Waals surface area contributed by atoms with Crippen LogP contribution in [0, 0.1) is 0 Å². The molecule has 0 saturated carbocycles. The number of unbranched alkanes of at least 4 members (excludes halogenated alkanes) is 1. The van der Waals surface area contributed by atoms with Gasteiger partial charge in [0.2, 0.25) is 0 Å². The van der Waals surface area contributed by atoms with Crippen molar-refractivity contribution in [3.8, 4) is 11.3 Å². The summed E-state index contributed by atoms with van der Waals surface area (Å²) in [5.41, 5.74) is 1.47. The van der Waals surface area contributed by atoms with Gasteiger partial charge < -0.3 is 4.57 Å². The van der Waals surface area contributed by atoms with Gasteiger partial charge in [0.1, 0.15) is 0 Å². The highest BCUT2D eigenvalue weighted by Crippen LogP contribution is 2.18. The predicted molar refractivity (Wildman–Crippen MR) is 81.2 cm³/mol. The quantitative estimate of drug-likeness (QED) is 0.787. The largest absolute Gasteiger partial charge is 0.308 e. The van der Waals surface area contributed by atoms with Crippen LogP contribution in [0.1, 0.15) is 30.1 Å². The monoisotopic (exact) mass is 289 g/mol. The average molecular weight is 290 g/mol. The van der Waals surface area contributed by atoms with E-state index in [1.165, 1.54) is 6.07 Å². The van der Waals surface area contributed by atoms with Crippen LogP contribution in [-0.4, -0.2) is 9.81 Å². The number of nitrogens with zero attached hydrogens (tertiary/aromatic N) is 1. The van der Waals surface area contributed by atoms with Crippen molar-refractivity contribution in [1.29, 1.82) is 0 Å². The zero-order valence-corrected chi connectivity index (χ0v) is 12.1. The van der Waals surface area contributed by atoms with E-state index in [1.807, 2.05) is 30.3 Å². The van der Waals surface area contributed by atoms with Crippen LogP contribution >= 0.6 is 11.6 Å². The maximum Gasteiger partial charge on any atom is 0.263 e. The predicted octanol–water partition coefficient (Wildman–Crippen LogP) is 3.69. The maximum atomic E-state index is 12.4. The molecule has 20 heavy (non-hydrogen) atoms. The van der Waals surface area contributed by atoms with Crippen LogP contribution in [0.5, 0.6) is 0 Å². The molecule has 104 valence electrons. The molecule has 0 unspecified atom stereocenters. The standard InChI is InChI=1S/C16H16ClNO2/c1-2-3-11-18-14(12-7-5-4-6-8-12)10-9-13(15(17)19)16(18)20/h4-10H,2-3,11H2,1H3. The Hall–Kier alpha value is -1.87. The van der Waals surface area contributed by atoms with Crippen LogP contribution in [0.15, 0.2) is 47.3 Å². The summed E-state index contributed by atoms with van der Waals surface area (Å²) in [6.45, 7) is 2.64. The molecule has 4 heteroatoms. The number of pyridine rings is 1. The normalized spacial score (nSPS) is 10.5. The highest BCUT2D eigenvalue weighted by atomic mass is 35.5. The van der Waals surface area contributed by atoms with E-state index in [4.69, 9.17) is 11.6 Å². The first-order valence-electron chi connectivity index (χ1n) is 6.64. The zero-order valence-electron chi connectivity index (χ0n) is 11.3. The van der Waals surface area contributed by atoms with Gasteiger partial charge in [-0.3, -0.25) is 9.59 Å². The number of aromatic nitrogens is 1. The van der Waals surface area contributed by atoms with E-state index in [1.54, 1.807) is 10.6 Å². The Morgan fingerprint density at radius 2 is 1.85 bits per heavy atom. The summed E-state index contributed by atoms with van der Waals surface area (Å²) >= 11 is 5.46. The second-order valence-corrected chi connectivity index (χ2v) is 4.93. The van der Waals surface area contributed by atoms with Gasteiger partial charge in [-0.15, -0.1) is 0 Å². The second kappa shape index (κ2) is 6.53.